The molecule has 1 heterocycles. The molecule has 0 saturated carbocycles. The smallest absolute Gasteiger partial charge is 0.229 e. The number of aromatic hydroxyl groups is 1. The van der Waals surface area contributed by atoms with Crippen LogP contribution in [0, 0.1) is 0 Å². The summed E-state index contributed by atoms with van der Waals surface area (Å²) < 4.78 is 0. The van der Waals surface area contributed by atoms with E-state index in [4.69, 9.17) is 11.6 Å². The molecule has 1 fully saturated rings. The van der Waals surface area contributed by atoms with Gasteiger partial charge in [-0.05, 0) is 12.1 Å². The number of phenols is 1. The van der Waals surface area contributed by atoms with Crippen LogP contribution in [0.15, 0.2) is 18.2 Å². The van der Waals surface area contributed by atoms with E-state index in [1.54, 1.807) is 0 Å². The summed E-state index contributed by atoms with van der Waals surface area (Å²) in [5, 5.41) is 19.0. The highest BCUT2D eigenvalue weighted by Crippen LogP contribution is 2.32. The summed E-state index contributed by atoms with van der Waals surface area (Å²) in [7, 11) is 0. The van der Waals surface area contributed by atoms with Crippen molar-refractivity contribution >= 4 is 23.2 Å². The van der Waals surface area contributed by atoms with Gasteiger partial charge in [0.2, 0.25) is 5.91 Å². The van der Waals surface area contributed by atoms with Crippen molar-refractivity contribution in [2.75, 3.05) is 11.4 Å². The van der Waals surface area contributed by atoms with Crippen LogP contribution in [0.4, 0.5) is 5.69 Å². The predicted octanol–water partition coefficient (Wildman–Crippen LogP) is 1.14. The highest BCUT2D eigenvalue weighted by atomic mass is 35.5. The quantitative estimate of drug-likeness (QED) is 0.757. The number of anilines is 1. The Morgan fingerprint density at radius 2 is 2.20 bits per heavy atom. The number of rotatable bonds is 1. The van der Waals surface area contributed by atoms with Crippen LogP contribution in [-0.4, -0.2) is 28.8 Å². The van der Waals surface area contributed by atoms with Crippen LogP contribution in [0.1, 0.15) is 6.42 Å². The van der Waals surface area contributed by atoms with E-state index in [2.05, 4.69) is 0 Å². The molecule has 1 aromatic rings. The van der Waals surface area contributed by atoms with Crippen LogP contribution >= 0.6 is 11.6 Å². The van der Waals surface area contributed by atoms with Gasteiger partial charge in [-0.2, -0.15) is 0 Å². The lowest BCUT2D eigenvalue weighted by Crippen LogP contribution is -2.25. The van der Waals surface area contributed by atoms with E-state index < -0.39 is 6.10 Å². The molecule has 0 radical (unpaired) electrons. The van der Waals surface area contributed by atoms with Crippen molar-refractivity contribution in [3.63, 3.8) is 0 Å². The summed E-state index contributed by atoms with van der Waals surface area (Å²) in [5.74, 6) is -0.140. The van der Waals surface area contributed by atoms with Gasteiger partial charge in [0.1, 0.15) is 5.75 Å². The van der Waals surface area contributed by atoms with Gasteiger partial charge in [-0.3, -0.25) is 4.79 Å². The van der Waals surface area contributed by atoms with E-state index in [1.807, 2.05) is 0 Å². The average Bonchev–Trinajstić information content (AvgIpc) is 2.50. The molecule has 1 aromatic carbocycles. The standard InChI is InChI=1S/C10H10ClNO3/c11-8-2-1-6(13)3-9(8)12-5-7(14)4-10(12)15/h1-3,7,13-14H,4-5H2. The van der Waals surface area contributed by atoms with E-state index in [9.17, 15) is 15.0 Å². The minimum Gasteiger partial charge on any atom is -0.508 e. The van der Waals surface area contributed by atoms with Gasteiger partial charge in [-0.1, -0.05) is 11.6 Å². The zero-order chi connectivity index (χ0) is 11.0. The molecule has 1 aliphatic rings. The summed E-state index contributed by atoms with van der Waals surface area (Å²) in [6.45, 7) is 0.224. The van der Waals surface area contributed by atoms with Crippen molar-refractivity contribution in [3.05, 3.63) is 23.2 Å². The van der Waals surface area contributed by atoms with Crippen molar-refractivity contribution < 1.29 is 15.0 Å². The molecular formula is C10H10ClNO3. The minimum absolute atomic E-state index is 0.0450. The first kappa shape index (κ1) is 10.3. The fraction of sp³-hybridized carbons (Fsp3) is 0.300. The van der Waals surface area contributed by atoms with Crippen LogP contribution < -0.4 is 4.90 Å². The van der Waals surface area contributed by atoms with Gasteiger partial charge in [0.05, 0.1) is 29.8 Å². The number of hydrogen-bond acceptors (Lipinski definition) is 3. The molecule has 2 N–H and O–H groups in total. The normalized spacial score (nSPS) is 21.1. The molecule has 0 spiro atoms. The maximum absolute atomic E-state index is 11.5. The number of nitrogens with zero attached hydrogens (tertiary/aromatic N) is 1. The highest BCUT2D eigenvalue weighted by molar-refractivity contribution is 6.34. The van der Waals surface area contributed by atoms with Crippen molar-refractivity contribution in [2.45, 2.75) is 12.5 Å². The number of carbonyl (C=O) groups excluding carboxylic acids is 1. The molecule has 15 heavy (non-hydrogen) atoms. The van der Waals surface area contributed by atoms with Crippen molar-refractivity contribution in [1.29, 1.82) is 0 Å². The summed E-state index contributed by atoms with van der Waals surface area (Å²) in [5.41, 5.74) is 0.443. The van der Waals surface area contributed by atoms with Crippen LogP contribution in [0.5, 0.6) is 5.75 Å². The third kappa shape index (κ3) is 1.91. The second-order valence-electron chi connectivity index (χ2n) is 3.50. The molecule has 4 nitrogen and oxygen atoms in total. The Bertz CT molecular complexity index is 408. The summed E-state index contributed by atoms with van der Waals surface area (Å²) in [6, 6.07) is 4.38. The Morgan fingerprint density at radius 3 is 2.80 bits per heavy atom. The molecule has 2 rings (SSSR count). The zero-order valence-corrected chi connectivity index (χ0v) is 8.61. The highest BCUT2D eigenvalue weighted by Gasteiger charge is 2.30. The fourth-order valence-electron chi connectivity index (χ4n) is 1.63. The molecule has 1 unspecified atom stereocenters. The largest absolute Gasteiger partial charge is 0.508 e. The lowest BCUT2D eigenvalue weighted by molar-refractivity contribution is -0.117. The first-order valence-corrected chi connectivity index (χ1v) is 4.92. The molecule has 0 aromatic heterocycles. The van der Waals surface area contributed by atoms with Crippen LogP contribution in [0.3, 0.4) is 0 Å². The molecule has 0 bridgehead atoms. The van der Waals surface area contributed by atoms with E-state index in [0.717, 1.165) is 0 Å². The van der Waals surface area contributed by atoms with Crippen LogP contribution in [0.2, 0.25) is 5.02 Å². The van der Waals surface area contributed by atoms with Crippen molar-refractivity contribution in [1.82, 2.24) is 0 Å². The number of aliphatic hydroxyl groups is 1. The van der Waals surface area contributed by atoms with Gasteiger partial charge < -0.3 is 15.1 Å². The van der Waals surface area contributed by atoms with Gasteiger partial charge in [0, 0.05) is 6.07 Å². The number of aliphatic hydroxyl groups excluding tert-OH is 1. The SMILES string of the molecule is O=C1CC(O)CN1c1cc(O)ccc1Cl. The third-order valence-electron chi connectivity index (χ3n) is 2.33. The van der Waals surface area contributed by atoms with Crippen molar-refractivity contribution in [2.24, 2.45) is 0 Å². The molecular weight excluding hydrogens is 218 g/mol. The number of hydrogen-bond donors (Lipinski definition) is 2. The van der Waals surface area contributed by atoms with Gasteiger partial charge in [-0.15, -0.1) is 0 Å². The number of carbonyl (C=O) groups is 1. The molecule has 1 aliphatic heterocycles. The molecule has 5 heteroatoms. The Hall–Kier alpha value is -1.26. The second kappa shape index (κ2) is 3.72. The van der Waals surface area contributed by atoms with Gasteiger partial charge in [0.25, 0.3) is 0 Å². The number of halogens is 1. The van der Waals surface area contributed by atoms with E-state index in [0.29, 0.717) is 10.7 Å². The Kier molecular flexibility index (Phi) is 2.54. The maximum Gasteiger partial charge on any atom is 0.229 e. The Balaban J connectivity index is 2.37. The van der Waals surface area contributed by atoms with Crippen LogP contribution in [0.25, 0.3) is 0 Å². The maximum atomic E-state index is 11.5. The van der Waals surface area contributed by atoms with Gasteiger partial charge >= 0.3 is 0 Å². The lowest BCUT2D eigenvalue weighted by Gasteiger charge is -2.17. The second-order valence-corrected chi connectivity index (χ2v) is 3.91. The number of amides is 1. The fourth-order valence-corrected chi connectivity index (χ4v) is 1.85. The molecule has 80 valence electrons. The van der Waals surface area contributed by atoms with Gasteiger partial charge in [-0.25, -0.2) is 0 Å². The van der Waals surface area contributed by atoms with Crippen LogP contribution in [-0.2, 0) is 4.79 Å². The molecule has 1 amide bonds. The zero-order valence-electron chi connectivity index (χ0n) is 7.85. The molecule has 1 atom stereocenters. The summed E-state index contributed by atoms with van der Waals surface area (Å²) >= 11 is 5.90. The average molecular weight is 228 g/mol. The predicted molar refractivity (Wildman–Crippen MR) is 56.1 cm³/mol. The first-order chi connectivity index (χ1) is 7.08. The number of phenolic OH excluding ortho intramolecular Hbond substituents is 1. The third-order valence-corrected chi connectivity index (χ3v) is 2.64. The number of β-amino-alcohol motifs (C(OH)–C–C–N with tert-alkyl or cyclic N) is 1. The van der Waals surface area contributed by atoms with E-state index in [-0.39, 0.29) is 24.6 Å². The number of benzene rings is 1. The van der Waals surface area contributed by atoms with E-state index >= 15 is 0 Å². The Morgan fingerprint density at radius 1 is 1.47 bits per heavy atom. The monoisotopic (exact) mass is 227 g/mol. The summed E-state index contributed by atoms with van der Waals surface area (Å²) in [4.78, 5) is 12.9. The molecule has 1 saturated heterocycles. The van der Waals surface area contributed by atoms with Gasteiger partial charge in [0.15, 0.2) is 0 Å². The first-order valence-electron chi connectivity index (χ1n) is 4.55. The van der Waals surface area contributed by atoms with Crippen molar-refractivity contribution in [3.8, 4) is 5.75 Å². The molecule has 0 aliphatic carbocycles. The minimum atomic E-state index is -0.657. The Labute approximate surface area is 91.7 Å². The summed E-state index contributed by atoms with van der Waals surface area (Å²) in [6.07, 6.45) is -0.553. The van der Waals surface area contributed by atoms with E-state index in [1.165, 1.54) is 23.1 Å². The lowest BCUT2D eigenvalue weighted by atomic mass is 10.3. The topological polar surface area (TPSA) is 60.8 Å².